The van der Waals surface area contributed by atoms with Crippen LogP contribution in [-0.4, -0.2) is 23.3 Å². The van der Waals surface area contributed by atoms with E-state index in [9.17, 15) is 9.59 Å². The van der Waals surface area contributed by atoms with Gasteiger partial charge in [0, 0.05) is 43.4 Å². The van der Waals surface area contributed by atoms with Crippen LogP contribution in [0.5, 0.6) is 0 Å². The zero-order chi connectivity index (χ0) is 17.6. The summed E-state index contributed by atoms with van der Waals surface area (Å²) in [6.45, 7) is 4.00. The molecule has 2 heterocycles. The van der Waals surface area contributed by atoms with Crippen LogP contribution in [0.4, 0.5) is 11.4 Å². The molecule has 0 saturated heterocycles. The molecule has 1 aliphatic rings. The predicted molar refractivity (Wildman–Crippen MR) is 94.9 cm³/mol. The number of nitrogens with zero attached hydrogens (tertiary/aromatic N) is 2. The smallest absolute Gasteiger partial charge is 0.255 e. The van der Waals surface area contributed by atoms with Gasteiger partial charge in [-0.25, -0.2) is 4.98 Å². The molecule has 4 rings (SSSR count). The predicted octanol–water partition coefficient (Wildman–Crippen LogP) is 3.30. The molecule has 1 aliphatic heterocycles. The molecule has 0 atom stereocenters. The van der Waals surface area contributed by atoms with Crippen LogP contribution in [0, 0.1) is 6.92 Å². The molecular weight excluding hydrogens is 318 g/mol. The summed E-state index contributed by atoms with van der Waals surface area (Å²) in [5.41, 5.74) is 4.53. The van der Waals surface area contributed by atoms with Gasteiger partial charge in [0.1, 0.15) is 5.52 Å². The topological polar surface area (TPSA) is 75.4 Å². The fourth-order valence-electron chi connectivity index (χ4n) is 3.19. The molecule has 3 aromatic rings. The van der Waals surface area contributed by atoms with E-state index in [0.29, 0.717) is 29.3 Å². The Labute approximate surface area is 144 Å². The first kappa shape index (κ1) is 15.4. The third kappa shape index (κ3) is 2.76. The summed E-state index contributed by atoms with van der Waals surface area (Å²) in [5, 5.41) is 2.88. The minimum atomic E-state index is -0.195. The van der Waals surface area contributed by atoms with Gasteiger partial charge in [-0.2, -0.15) is 0 Å². The van der Waals surface area contributed by atoms with Crippen LogP contribution >= 0.6 is 0 Å². The maximum absolute atomic E-state index is 12.5. The highest BCUT2D eigenvalue weighted by Gasteiger charge is 2.23. The Bertz CT molecular complexity index is 1010. The highest BCUT2D eigenvalue weighted by Crippen LogP contribution is 2.29. The molecule has 0 fully saturated rings. The van der Waals surface area contributed by atoms with Crippen molar-refractivity contribution < 1.29 is 14.0 Å². The fraction of sp³-hybridized carbons (Fsp3) is 0.211. The Morgan fingerprint density at radius 1 is 1.20 bits per heavy atom. The molecule has 1 aromatic heterocycles. The molecule has 0 radical (unpaired) electrons. The minimum absolute atomic E-state index is 0.0200. The van der Waals surface area contributed by atoms with Crippen molar-refractivity contribution in [3.63, 3.8) is 0 Å². The van der Waals surface area contributed by atoms with E-state index in [1.54, 1.807) is 36.9 Å². The molecule has 0 spiro atoms. The molecule has 0 saturated carbocycles. The lowest BCUT2D eigenvalue weighted by atomic mass is 10.1. The van der Waals surface area contributed by atoms with Gasteiger partial charge in [-0.05, 0) is 42.3 Å². The summed E-state index contributed by atoms with van der Waals surface area (Å²) in [7, 11) is 0. The third-order valence-corrected chi connectivity index (χ3v) is 4.37. The Hall–Kier alpha value is -3.15. The Kier molecular flexibility index (Phi) is 3.53. The molecular formula is C19H17N3O3. The number of anilines is 2. The Morgan fingerprint density at radius 3 is 2.84 bits per heavy atom. The van der Waals surface area contributed by atoms with Gasteiger partial charge < -0.3 is 14.6 Å². The van der Waals surface area contributed by atoms with Crippen LogP contribution in [-0.2, 0) is 11.2 Å². The SMILES string of the molecule is CC(=O)N1CCc2cc(C(=O)Nc3ccc4nc(C)oc4c3)ccc21. The van der Waals surface area contributed by atoms with Crippen molar-refractivity contribution in [2.75, 3.05) is 16.8 Å². The second-order valence-corrected chi connectivity index (χ2v) is 6.13. The number of amides is 2. The van der Waals surface area contributed by atoms with E-state index >= 15 is 0 Å². The van der Waals surface area contributed by atoms with Crippen LogP contribution in [0.3, 0.4) is 0 Å². The molecule has 0 bridgehead atoms. The van der Waals surface area contributed by atoms with E-state index in [1.807, 2.05) is 18.2 Å². The average Bonchev–Trinajstić information content (AvgIpc) is 3.15. The van der Waals surface area contributed by atoms with Crippen molar-refractivity contribution in [2.24, 2.45) is 0 Å². The van der Waals surface area contributed by atoms with E-state index < -0.39 is 0 Å². The largest absolute Gasteiger partial charge is 0.441 e. The summed E-state index contributed by atoms with van der Waals surface area (Å²) < 4.78 is 5.49. The molecule has 0 unspecified atom stereocenters. The van der Waals surface area contributed by atoms with Gasteiger partial charge in [-0.3, -0.25) is 9.59 Å². The number of benzene rings is 2. The lowest BCUT2D eigenvalue weighted by Gasteiger charge is -2.14. The molecule has 1 N–H and O–H groups in total. The lowest BCUT2D eigenvalue weighted by Crippen LogP contribution is -2.25. The van der Waals surface area contributed by atoms with Gasteiger partial charge in [-0.1, -0.05) is 0 Å². The molecule has 25 heavy (non-hydrogen) atoms. The van der Waals surface area contributed by atoms with Crippen molar-refractivity contribution in [2.45, 2.75) is 20.3 Å². The number of nitrogens with one attached hydrogen (secondary N) is 1. The molecule has 6 nitrogen and oxygen atoms in total. The number of aromatic nitrogens is 1. The summed E-state index contributed by atoms with van der Waals surface area (Å²) in [5.74, 6) is 0.415. The highest BCUT2D eigenvalue weighted by molar-refractivity contribution is 6.05. The van der Waals surface area contributed by atoms with Crippen LogP contribution in [0.2, 0.25) is 0 Å². The summed E-state index contributed by atoms with van der Waals surface area (Å²) in [4.78, 5) is 30.1. The number of aryl methyl sites for hydroxylation is 1. The number of carbonyl (C=O) groups is 2. The monoisotopic (exact) mass is 335 g/mol. The van der Waals surface area contributed by atoms with Crippen LogP contribution in [0.1, 0.15) is 28.7 Å². The number of oxazole rings is 1. The number of hydrogen-bond donors (Lipinski definition) is 1. The average molecular weight is 335 g/mol. The Balaban J connectivity index is 1.57. The zero-order valence-electron chi connectivity index (χ0n) is 14.0. The number of rotatable bonds is 2. The third-order valence-electron chi connectivity index (χ3n) is 4.37. The molecule has 6 heteroatoms. The van der Waals surface area contributed by atoms with Gasteiger partial charge in [0.2, 0.25) is 5.91 Å². The molecule has 2 amide bonds. The van der Waals surface area contributed by atoms with Gasteiger partial charge in [-0.15, -0.1) is 0 Å². The highest BCUT2D eigenvalue weighted by atomic mass is 16.3. The van der Waals surface area contributed by atoms with Crippen LogP contribution in [0.15, 0.2) is 40.8 Å². The summed E-state index contributed by atoms with van der Waals surface area (Å²) >= 11 is 0. The lowest BCUT2D eigenvalue weighted by molar-refractivity contribution is -0.116. The van der Waals surface area contributed by atoms with Gasteiger partial charge in [0.05, 0.1) is 0 Å². The molecule has 126 valence electrons. The Morgan fingerprint density at radius 2 is 2.04 bits per heavy atom. The van der Waals surface area contributed by atoms with E-state index in [2.05, 4.69) is 10.3 Å². The standard InChI is InChI=1S/C19H17N3O3/c1-11-20-16-5-4-15(10-18(16)25-11)21-19(24)14-3-6-17-13(9-14)7-8-22(17)12(2)23/h3-6,9-10H,7-8H2,1-2H3,(H,21,24). The maximum atomic E-state index is 12.5. The summed E-state index contributed by atoms with van der Waals surface area (Å²) in [6.07, 6.45) is 0.763. The minimum Gasteiger partial charge on any atom is -0.441 e. The number of hydrogen-bond acceptors (Lipinski definition) is 4. The first-order valence-electron chi connectivity index (χ1n) is 8.11. The van der Waals surface area contributed by atoms with Gasteiger partial charge >= 0.3 is 0 Å². The van der Waals surface area contributed by atoms with Crippen molar-refractivity contribution in [1.82, 2.24) is 4.98 Å². The second kappa shape index (κ2) is 5.73. The second-order valence-electron chi connectivity index (χ2n) is 6.13. The zero-order valence-corrected chi connectivity index (χ0v) is 14.0. The van der Waals surface area contributed by atoms with Gasteiger partial charge in [0.25, 0.3) is 5.91 Å². The maximum Gasteiger partial charge on any atom is 0.255 e. The van der Waals surface area contributed by atoms with E-state index in [-0.39, 0.29) is 11.8 Å². The molecule has 0 aliphatic carbocycles. The fourth-order valence-corrected chi connectivity index (χ4v) is 3.19. The number of carbonyl (C=O) groups excluding carboxylic acids is 2. The van der Waals surface area contributed by atoms with E-state index in [0.717, 1.165) is 23.2 Å². The normalized spacial score (nSPS) is 13.1. The summed E-state index contributed by atoms with van der Waals surface area (Å²) in [6, 6.07) is 10.8. The molecule has 2 aromatic carbocycles. The van der Waals surface area contributed by atoms with Crippen LogP contribution in [0.25, 0.3) is 11.1 Å². The van der Waals surface area contributed by atoms with Crippen molar-refractivity contribution in [3.05, 3.63) is 53.4 Å². The van der Waals surface area contributed by atoms with E-state index in [4.69, 9.17) is 4.42 Å². The van der Waals surface area contributed by atoms with Crippen LogP contribution < -0.4 is 10.2 Å². The van der Waals surface area contributed by atoms with Crippen molar-refractivity contribution in [3.8, 4) is 0 Å². The quantitative estimate of drug-likeness (QED) is 0.780. The number of fused-ring (bicyclic) bond motifs is 2. The first-order valence-corrected chi connectivity index (χ1v) is 8.11. The first-order chi connectivity index (χ1) is 12.0. The van der Waals surface area contributed by atoms with Crippen molar-refractivity contribution >= 4 is 34.3 Å². The van der Waals surface area contributed by atoms with E-state index in [1.165, 1.54) is 0 Å². The van der Waals surface area contributed by atoms with Gasteiger partial charge in [0.15, 0.2) is 11.5 Å². The van der Waals surface area contributed by atoms with Crippen molar-refractivity contribution in [1.29, 1.82) is 0 Å².